The maximum absolute atomic E-state index is 5.81. The molecule has 0 rings (SSSR count). The summed E-state index contributed by atoms with van der Waals surface area (Å²) >= 11 is 0. The second-order valence-electron chi connectivity index (χ2n) is 6.00. The largest absolute Gasteiger partial charge is 0.376 e. The van der Waals surface area contributed by atoms with E-state index in [0.29, 0.717) is 17.9 Å². The molecule has 0 saturated carbocycles. The molecule has 0 amide bonds. The lowest BCUT2D eigenvalue weighted by molar-refractivity contribution is -0.0135. The highest BCUT2D eigenvalue weighted by Gasteiger charge is 2.21. The molecule has 2 atom stereocenters. The van der Waals surface area contributed by atoms with Crippen LogP contribution in [-0.4, -0.2) is 24.8 Å². The first-order valence-corrected chi connectivity index (χ1v) is 6.65. The van der Waals surface area contributed by atoms with Gasteiger partial charge in [0, 0.05) is 12.6 Å². The maximum Gasteiger partial charge on any atom is 0.0598 e. The van der Waals surface area contributed by atoms with E-state index in [9.17, 15) is 0 Å². The molecule has 0 saturated heterocycles. The van der Waals surface area contributed by atoms with Gasteiger partial charge in [0.2, 0.25) is 0 Å². The second-order valence-corrected chi connectivity index (χ2v) is 6.00. The zero-order chi connectivity index (χ0) is 12.8. The van der Waals surface area contributed by atoms with Crippen molar-refractivity contribution in [1.29, 1.82) is 0 Å². The molecule has 0 aliphatic carbocycles. The number of rotatable bonds is 7. The minimum atomic E-state index is -0.0110. The molecule has 0 aromatic heterocycles. The SMILES string of the molecule is CCNC(C)C(CCOC(C)(C)C)C(C)C. The second kappa shape index (κ2) is 7.29. The first-order valence-electron chi connectivity index (χ1n) is 6.65. The van der Waals surface area contributed by atoms with Crippen LogP contribution < -0.4 is 5.32 Å². The molecule has 98 valence electrons. The van der Waals surface area contributed by atoms with E-state index in [1.165, 1.54) is 0 Å². The van der Waals surface area contributed by atoms with Crippen molar-refractivity contribution >= 4 is 0 Å². The molecule has 0 bridgehead atoms. The Balaban J connectivity index is 4.04. The smallest absolute Gasteiger partial charge is 0.0598 e. The predicted molar refractivity (Wildman–Crippen MR) is 71.8 cm³/mol. The Morgan fingerprint density at radius 2 is 1.69 bits per heavy atom. The standard InChI is InChI=1S/C14H31NO/c1-8-15-12(4)13(11(2)3)9-10-16-14(5,6)7/h11-13,15H,8-10H2,1-7H3. The van der Waals surface area contributed by atoms with Crippen LogP contribution in [0.15, 0.2) is 0 Å². The molecule has 0 heterocycles. The lowest BCUT2D eigenvalue weighted by Gasteiger charge is -2.29. The first kappa shape index (κ1) is 15.9. The molecule has 2 heteroatoms. The number of ether oxygens (including phenoxy) is 1. The Labute approximate surface area is 102 Å². The highest BCUT2D eigenvalue weighted by molar-refractivity contribution is 4.75. The van der Waals surface area contributed by atoms with Crippen LogP contribution in [-0.2, 0) is 4.74 Å². The normalized spacial score (nSPS) is 16.5. The van der Waals surface area contributed by atoms with Crippen molar-refractivity contribution in [2.75, 3.05) is 13.2 Å². The molecule has 0 radical (unpaired) electrons. The molecule has 2 unspecified atom stereocenters. The summed E-state index contributed by atoms with van der Waals surface area (Å²) in [5, 5.41) is 3.52. The van der Waals surface area contributed by atoms with Gasteiger partial charge < -0.3 is 10.1 Å². The van der Waals surface area contributed by atoms with E-state index in [4.69, 9.17) is 4.74 Å². The number of nitrogens with one attached hydrogen (secondary N) is 1. The van der Waals surface area contributed by atoms with E-state index in [2.05, 4.69) is 53.8 Å². The van der Waals surface area contributed by atoms with Gasteiger partial charge >= 0.3 is 0 Å². The number of hydrogen-bond acceptors (Lipinski definition) is 2. The van der Waals surface area contributed by atoms with Crippen molar-refractivity contribution in [2.24, 2.45) is 11.8 Å². The minimum Gasteiger partial charge on any atom is -0.376 e. The van der Waals surface area contributed by atoms with Crippen molar-refractivity contribution in [3.8, 4) is 0 Å². The highest BCUT2D eigenvalue weighted by atomic mass is 16.5. The summed E-state index contributed by atoms with van der Waals surface area (Å²) in [6, 6.07) is 0.577. The fourth-order valence-corrected chi connectivity index (χ4v) is 2.14. The van der Waals surface area contributed by atoms with Gasteiger partial charge in [-0.15, -0.1) is 0 Å². The Morgan fingerprint density at radius 1 is 1.12 bits per heavy atom. The van der Waals surface area contributed by atoms with E-state index >= 15 is 0 Å². The topological polar surface area (TPSA) is 21.3 Å². The lowest BCUT2D eigenvalue weighted by Crippen LogP contribution is -2.37. The third kappa shape index (κ3) is 7.24. The van der Waals surface area contributed by atoms with Crippen LogP contribution in [0.1, 0.15) is 54.9 Å². The Hall–Kier alpha value is -0.0800. The van der Waals surface area contributed by atoms with Gasteiger partial charge in [0.15, 0.2) is 0 Å². The molecule has 0 aliphatic rings. The van der Waals surface area contributed by atoms with Gasteiger partial charge in [0.1, 0.15) is 0 Å². The summed E-state index contributed by atoms with van der Waals surface area (Å²) in [5.74, 6) is 1.40. The fourth-order valence-electron chi connectivity index (χ4n) is 2.14. The molecule has 2 nitrogen and oxygen atoms in total. The lowest BCUT2D eigenvalue weighted by atomic mass is 9.86. The summed E-state index contributed by atoms with van der Waals surface area (Å²) in [6.45, 7) is 17.3. The average Bonchev–Trinajstić information content (AvgIpc) is 2.10. The van der Waals surface area contributed by atoms with Crippen LogP contribution in [0.2, 0.25) is 0 Å². The Bertz CT molecular complexity index is 172. The molecule has 0 aromatic rings. The summed E-state index contributed by atoms with van der Waals surface area (Å²) < 4.78 is 5.81. The van der Waals surface area contributed by atoms with Crippen LogP contribution in [0.25, 0.3) is 0 Å². The van der Waals surface area contributed by atoms with Gasteiger partial charge in [-0.3, -0.25) is 0 Å². The van der Waals surface area contributed by atoms with E-state index in [1.54, 1.807) is 0 Å². The molecule has 16 heavy (non-hydrogen) atoms. The highest BCUT2D eigenvalue weighted by Crippen LogP contribution is 2.20. The Kier molecular flexibility index (Phi) is 7.25. The van der Waals surface area contributed by atoms with Gasteiger partial charge in [-0.05, 0) is 52.5 Å². The Morgan fingerprint density at radius 3 is 2.06 bits per heavy atom. The minimum absolute atomic E-state index is 0.0110. The van der Waals surface area contributed by atoms with Gasteiger partial charge in [0.25, 0.3) is 0 Å². The predicted octanol–water partition coefficient (Wildman–Crippen LogP) is 3.46. The molecule has 0 spiro atoms. The van der Waals surface area contributed by atoms with Crippen LogP contribution in [0.3, 0.4) is 0 Å². The molecule has 1 N–H and O–H groups in total. The van der Waals surface area contributed by atoms with Crippen molar-refractivity contribution in [1.82, 2.24) is 5.32 Å². The third-order valence-electron chi connectivity index (χ3n) is 3.01. The first-order chi connectivity index (χ1) is 7.28. The van der Waals surface area contributed by atoms with Crippen molar-refractivity contribution in [2.45, 2.75) is 66.5 Å². The van der Waals surface area contributed by atoms with Crippen LogP contribution in [0, 0.1) is 11.8 Å². The monoisotopic (exact) mass is 229 g/mol. The van der Waals surface area contributed by atoms with Gasteiger partial charge in [-0.1, -0.05) is 20.8 Å². The van der Waals surface area contributed by atoms with Crippen molar-refractivity contribution in [3.05, 3.63) is 0 Å². The molecular formula is C14H31NO. The van der Waals surface area contributed by atoms with Crippen molar-refractivity contribution in [3.63, 3.8) is 0 Å². The zero-order valence-electron chi connectivity index (χ0n) is 12.3. The van der Waals surface area contributed by atoms with Crippen molar-refractivity contribution < 1.29 is 4.74 Å². The van der Waals surface area contributed by atoms with Crippen LogP contribution >= 0.6 is 0 Å². The summed E-state index contributed by atoms with van der Waals surface area (Å²) in [5.41, 5.74) is -0.0110. The van der Waals surface area contributed by atoms with Gasteiger partial charge in [0.05, 0.1) is 5.60 Å². The molecule has 0 aliphatic heterocycles. The van der Waals surface area contributed by atoms with E-state index in [0.717, 1.165) is 19.6 Å². The van der Waals surface area contributed by atoms with Gasteiger partial charge in [-0.25, -0.2) is 0 Å². The quantitative estimate of drug-likeness (QED) is 0.722. The summed E-state index contributed by atoms with van der Waals surface area (Å²) in [4.78, 5) is 0. The average molecular weight is 229 g/mol. The molecule has 0 aromatic carbocycles. The third-order valence-corrected chi connectivity index (χ3v) is 3.01. The maximum atomic E-state index is 5.81. The van der Waals surface area contributed by atoms with E-state index < -0.39 is 0 Å². The van der Waals surface area contributed by atoms with Crippen LogP contribution in [0.5, 0.6) is 0 Å². The van der Waals surface area contributed by atoms with Crippen LogP contribution in [0.4, 0.5) is 0 Å². The molecule has 0 fully saturated rings. The fraction of sp³-hybridized carbons (Fsp3) is 1.00. The van der Waals surface area contributed by atoms with E-state index in [1.807, 2.05) is 0 Å². The molecular weight excluding hydrogens is 198 g/mol. The van der Waals surface area contributed by atoms with E-state index in [-0.39, 0.29) is 5.60 Å². The van der Waals surface area contributed by atoms with Gasteiger partial charge in [-0.2, -0.15) is 0 Å². The summed E-state index contributed by atoms with van der Waals surface area (Å²) in [6.07, 6.45) is 1.14. The summed E-state index contributed by atoms with van der Waals surface area (Å²) in [7, 11) is 0. The zero-order valence-corrected chi connectivity index (χ0v) is 12.3. The number of hydrogen-bond donors (Lipinski definition) is 1.